The zero-order chi connectivity index (χ0) is 15.3. The van der Waals surface area contributed by atoms with Crippen LogP contribution in [0.4, 0.5) is 0 Å². The first-order chi connectivity index (χ1) is 10.1. The van der Waals surface area contributed by atoms with Gasteiger partial charge in [-0.3, -0.25) is 9.69 Å². The van der Waals surface area contributed by atoms with Gasteiger partial charge in [0.25, 0.3) is 0 Å². The number of carboxylic acid groups (broad SMARTS) is 1. The molecule has 1 heterocycles. The Balaban J connectivity index is 2.11. The van der Waals surface area contributed by atoms with Gasteiger partial charge in [0.2, 0.25) is 0 Å². The fourth-order valence-corrected chi connectivity index (χ4v) is 3.23. The van der Waals surface area contributed by atoms with Gasteiger partial charge in [-0.2, -0.15) is 0 Å². The van der Waals surface area contributed by atoms with Gasteiger partial charge in [0.05, 0.1) is 12.0 Å². The van der Waals surface area contributed by atoms with Crippen LogP contribution in [0.3, 0.4) is 0 Å². The highest BCUT2D eigenvalue weighted by Crippen LogP contribution is 2.34. The number of carboxylic acids is 1. The average molecular weight is 291 g/mol. The Kier molecular flexibility index (Phi) is 5.37. The fourth-order valence-electron chi connectivity index (χ4n) is 3.23. The fraction of sp³-hybridized carbons (Fsp3) is 0.588. The molecule has 0 saturated carbocycles. The molecule has 0 amide bonds. The number of aliphatic carboxylic acids is 1. The van der Waals surface area contributed by atoms with Crippen molar-refractivity contribution in [2.24, 2.45) is 5.41 Å². The van der Waals surface area contributed by atoms with Crippen molar-refractivity contribution in [1.29, 1.82) is 0 Å². The molecular weight excluding hydrogens is 266 g/mol. The van der Waals surface area contributed by atoms with E-state index in [-0.39, 0.29) is 0 Å². The van der Waals surface area contributed by atoms with Crippen LogP contribution in [0, 0.1) is 5.41 Å². The Morgan fingerprint density at radius 3 is 2.71 bits per heavy atom. The van der Waals surface area contributed by atoms with E-state index < -0.39 is 11.4 Å². The van der Waals surface area contributed by atoms with E-state index in [2.05, 4.69) is 17.0 Å². The highest BCUT2D eigenvalue weighted by Gasteiger charge is 2.40. The van der Waals surface area contributed by atoms with Crippen molar-refractivity contribution in [1.82, 2.24) is 4.90 Å². The third-order valence-corrected chi connectivity index (χ3v) is 4.60. The molecule has 1 aliphatic rings. The number of methoxy groups -OCH3 is 1. The number of ether oxygens (including phenoxy) is 1. The molecule has 0 bridgehead atoms. The molecule has 1 aromatic rings. The maximum absolute atomic E-state index is 11.6. The van der Waals surface area contributed by atoms with Crippen molar-refractivity contribution < 1.29 is 14.6 Å². The predicted molar refractivity (Wildman–Crippen MR) is 82.0 cm³/mol. The van der Waals surface area contributed by atoms with Gasteiger partial charge in [-0.25, -0.2) is 0 Å². The number of likely N-dealkylation sites (tertiary alicyclic amines) is 1. The first kappa shape index (κ1) is 16.0. The molecule has 4 nitrogen and oxygen atoms in total. The second kappa shape index (κ2) is 7.05. The number of hydrogen-bond acceptors (Lipinski definition) is 3. The number of rotatable bonds is 6. The zero-order valence-electron chi connectivity index (χ0n) is 13.0. The van der Waals surface area contributed by atoms with Gasteiger partial charge in [-0.05, 0) is 36.9 Å². The molecule has 1 N–H and O–H groups in total. The van der Waals surface area contributed by atoms with Crippen molar-refractivity contribution in [3.05, 3.63) is 35.4 Å². The molecule has 0 aromatic heterocycles. The molecule has 1 fully saturated rings. The van der Waals surface area contributed by atoms with Crippen LogP contribution in [0.5, 0.6) is 0 Å². The Morgan fingerprint density at radius 2 is 2.10 bits per heavy atom. The molecule has 0 spiro atoms. The van der Waals surface area contributed by atoms with Crippen LogP contribution in [0.2, 0.25) is 0 Å². The van der Waals surface area contributed by atoms with Crippen LogP contribution >= 0.6 is 0 Å². The standard InChI is InChI=1S/C17H25NO3/c1-3-17(16(19)20)9-6-10-18(13-17)11-14-7-4-5-8-15(14)12-21-2/h4-5,7-8H,3,6,9-13H2,1-2H3,(H,19,20). The molecule has 0 aliphatic carbocycles. The highest BCUT2D eigenvalue weighted by molar-refractivity contribution is 5.75. The molecule has 21 heavy (non-hydrogen) atoms. The maximum Gasteiger partial charge on any atom is 0.310 e. The Bertz CT molecular complexity index is 489. The molecular formula is C17H25NO3. The third-order valence-electron chi connectivity index (χ3n) is 4.60. The van der Waals surface area contributed by atoms with Crippen LogP contribution in [0.15, 0.2) is 24.3 Å². The van der Waals surface area contributed by atoms with Crippen molar-refractivity contribution >= 4 is 5.97 Å². The zero-order valence-corrected chi connectivity index (χ0v) is 13.0. The molecule has 0 radical (unpaired) electrons. The van der Waals surface area contributed by atoms with Crippen LogP contribution < -0.4 is 0 Å². The summed E-state index contributed by atoms with van der Waals surface area (Å²) in [5.41, 5.74) is 1.84. The van der Waals surface area contributed by atoms with Crippen molar-refractivity contribution in [3.63, 3.8) is 0 Å². The predicted octanol–water partition coefficient (Wildman–Crippen LogP) is 2.91. The number of hydrogen-bond donors (Lipinski definition) is 1. The highest BCUT2D eigenvalue weighted by atomic mass is 16.5. The van der Waals surface area contributed by atoms with E-state index in [1.807, 2.05) is 19.1 Å². The largest absolute Gasteiger partial charge is 0.481 e. The molecule has 1 saturated heterocycles. The van der Waals surface area contributed by atoms with Gasteiger partial charge in [0, 0.05) is 20.2 Å². The molecule has 116 valence electrons. The SMILES string of the molecule is CCC1(C(=O)O)CCCN(Cc2ccccc2COC)C1. The van der Waals surface area contributed by atoms with Crippen molar-refractivity contribution in [2.75, 3.05) is 20.2 Å². The maximum atomic E-state index is 11.6. The van der Waals surface area contributed by atoms with Crippen LogP contribution in [-0.4, -0.2) is 36.2 Å². The third kappa shape index (κ3) is 3.63. The number of nitrogens with zero attached hydrogens (tertiary/aromatic N) is 1. The molecule has 1 atom stereocenters. The normalized spacial score (nSPS) is 23.1. The van der Waals surface area contributed by atoms with E-state index in [9.17, 15) is 9.90 Å². The summed E-state index contributed by atoms with van der Waals surface area (Å²) in [5, 5.41) is 9.56. The summed E-state index contributed by atoms with van der Waals surface area (Å²) in [6.45, 7) is 4.99. The van der Waals surface area contributed by atoms with Gasteiger partial charge >= 0.3 is 5.97 Å². The molecule has 1 aliphatic heterocycles. The van der Waals surface area contributed by atoms with Gasteiger partial charge in [0.15, 0.2) is 0 Å². The van der Waals surface area contributed by atoms with E-state index >= 15 is 0 Å². The van der Waals surface area contributed by atoms with E-state index in [1.165, 1.54) is 11.1 Å². The van der Waals surface area contributed by atoms with Crippen molar-refractivity contribution in [3.8, 4) is 0 Å². The lowest BCUT2D eigenvalue weighted by molar-refractivity contribution is -0.153. The van der Waals surface area contributed by atoms with Gasteiger partial charge in [-0.15, -0.1) is 0 Å². The monoisotopic (exact) mass is 291 g/mol. The number of benzene rings is 1. The lowest BCUT2D eigenvalue weighted by Gasteiger charge is -2.39. The Labute approximate surface area is 126 Å². The first-order valence-corrected chi connectivity index (χ1v) is 7.63. The summed E-state index contributed by atoms with van der Waals surface area (Å²) >= 11 is 0. The Hall–Kier alpha value is -1.39. The van der Waals surface area contributed by atoms with E-state index in [0.29, 0.717) is 19.6 Å². The van der Waals surface area contributed by atoms with E-state index in [1.54, 1.807) is 7.11 Å². The second-order valence-electron chi connectivity index (χ2n) is 5.95. The topological polar surface area (TPSA) is 49.8 Å². The van der Waals surface area contributed by atoms with Gasteiger partial charge in [-0.1, -0.05) is 31.2 Å². The van der Waals surface area contributed by atoms with Gasteiger partial charge < -0.3 is 9.84 Å². The van der Waals surface area contributed by atoms with Crippen molar-refractivity contribution in [2.45, 2.75) is 39.3 Å². The molecule has 1 unspecified atom stereocenters. The summed E-state index contributed by atoms with van der Waals surface area (Å²) in [5.74, 6) is -0.653. The molecule has 4 heteroatoms. The second-order valence-corrected chi connectivity index (χ2v) is 5.95. The minimum Gasteiger partial charge on any atom is -0.481 e. The summed E-state index contributed by atoms with van der Waals surface area (Å²) in [7, 11) is 1.70. The summed E-state index contributed by atoms with van der Waals surface area (Å²) < 4.78 is 5.25. The van der Waals surface area contributed by atoms with E-state index in [0.717, 1.165) is 25.9 Å². The van der Waals surface area contributed by atoms with Crippen LogP contribution in [0.25, 0.3) is 0 Å². The minimum atomic E-state index is -0.653. The summed E-state index contributed by atoms with van der Waals surface area (Å²) in [6, 6.07) is 8.23. The van der Waals surface area contributed by atoms with Crippen LogP contribution in [-0.2, 0) is 22.7 Å². The summed E-state index contributed by atoms with van der Waals surface area (Å²) in [6.07, 6.45) is 2.43. The van der Waals surface area contributed by atoms with Gasteiger partial charge in [0.1, 0.15) is 0 Å². The summed E-state index contributed by atoms with van der Waals surface area (Å²) in [4.78, 5) is 13.9. The lowest BCUT2D eigenvalue weighted by atomic mass is 9.77. The minimum absolute atomic E-state index is 0.575. The number of carbonyl (C=O) groups is 1. The molecule has 1 aromatic carbocycles. The van der Waals surface area contributed by atoms with Crippen LogP contribution in [0.1, 0.15) is 37.3 Å². The first-order valence-electron chi connectivity index (χ1n) is 7.63. The molecule has 2 rings (SSSR count). The lowest BCUT2D eigenvalue weighted by Crippen LogP contribution is -2.47. The quantitative estimate of drug-likeness (QED) is 0.875. The van der Waals surface area contributed by atoms with E-state index in [4.69, 9.17) is 4.74 Å². The number of piperidine rings is 1. The Morgan fingerprint density at radius 1 is 1.38 bits per heavy atom. The average Bonchev–Trinajstić information content (AvgIpc) is 2.49. The smallest absolute Gasteiger partial charge is 0.310 e.